The van der Waals surface area contributed by atoms with Crippen LogP contribution in [0.25, 0.3) is 0 Å². The van der Waals surface area contributed by atoms with Crippen LogP contribution >= 0.6 is 24.8 Å². The maximum absolute atomic E-state index is 12.3. The highest BCUT2D eigenvalue weighted by Gasteiger charge is 2.22. The van der Waals surface area contributed by atoms with Crippen LogP contribution in [0.5, 0.6) is 0 Å². The molecule has 1 atom stereocenters. The lowest BCUT2D eigenvalue weighted by molar-refractivity contribution is -0.122. The number of nitrogens with two attached hydrogens (primary N) is 1. The second kappa shape index (κ2) is 8.40. The minimum Gasteiger partial charge on any atom is -0.399 e. The van der Waals surface area contributed by atoms with Crippen molar-refractivity contribution in [2.45, 2.75) is 45.7 Å². The fourth-order valence-electron chi connectivity index (χ4n) is 3.20. The zero-order valence-electron chi connectivity index (χ0n) is 13.9. The molecule has 132 valence electrons. The number of nitrogens with one attached hydrogen (secondary N) is 1. The number of aryl methyl sites for hydroxylation is 3. The quantitative estimate of drug-likeness (QED) is 0.815. The molecular weight excluding hydrogens is 347 g/mol. The van der Waals surface area contributed by atoms with Gasteiger partial charge >= 0.3 is 0 Å². The number of carbonyl (C=O) groups is 1. The highest BCUT2D eigenvalue weighted by molar-refractivity contribution is 5.85. The molecular formula is C17H24Cl2N4O. The summed E-state index contributed by atoms with van der Waals surface area (Å²) >= 11 is 0. The number of amides is 1. The summed E-state index contributed by atoms with van der Waals surface area (Å²) in [5.41, 5.74) is 11.0. The van der Waals surface area contributed by atoms with E-state index in [1.807, 2.05) is 38.1 Å². The Hall–Kier alpha value is -1.72. The largest absolute Gasteiger partial charge is 0.399 e. The molecule has 1 aliphatic rings. The molecule has 0 spiro atoms. The second-order valence-electron chi connectivity index (χ2n) is 6.06. The molecule has 5 nitrogen and oxygen atoms in total. The Bertz CT molecular complexity index is 715. The van der Waals surface area contributed by atoms with E-state index in [-0.39, 0.29) is 43.3 Å². The van der Waals surface area contributed by atoms with E-state index in [9.17, 15) is 4.79 Å². The molecule has 1 heterocycles. The molecule has 1 unspecified atom stereocenters. The summed E-state index contributed by atoms with van der Waals surface area (Å²) in [6, 6.07) is 8.03. The maximum atomic E-state index is 12.3. The molecule has 1 aromatic carbocycles. The van der Waals surface area contributed by atoms with E-state index in [2.05, 4.69) is 10.4 Å². The molecule has 1 aliphatic carbocycles. The number of aromatic nitrogens is 2. The summed E-state index contributed by atoms with van der Waals surface area (Å²) in [4.78, 5) is 12.3. The van der Waals surface area contributed by atoms with E-state index in [1.165, 1.54) is 11.1 Å². The predicted molar refractivity (Wildman–Crippen MR) is 101 cm³/mol. The van der Waals surface area contributed by atoms with Crippen molar-refractivity contribution >= 4 is 36.4 Å². The molecule has 0 bridgehead atoms. The molecule has 24 heavy (non-hydrogen) atoms. The van der Waals surface area contributed by atoms with Crippen LogP contribution in [0.2, 0.25) is 0 Å². The van der Waals surface area contributed by atoms with Gasteiger partial charge in [0.05, 0.1) is 11.7 Å². The van der Waals surface area contributed by atoms with Crippen LogP contribution < -0.4 is 11.1 Å². The van der Waals surface area contributed by atoms with Crippen molar-refractivity contribution in [3.8, 4) is 0 Å². The number of benzene rings is 1. The van der Waals surface area contributed by atoms with E-state index >= 15 is 0 Å². The third kappa shape index (κ3) is 4.42. The molecule has 1 amide bonds. The smallest absolute Gasteiger partial charge is 0.242 e. The average molecular weight is 371 g/mol. The van der Waals surface area contributed by atoms with Crippen LogP contribution in [0.3, 0.4) is 0 Å². The van der Waals surface area contributed by atoms with Gasteiger partial charge in [-0.1, -0.05) is 6.07 Å². The molecule has 2 aromatic rings. The Morgan fingerprint density at radius 2 is 2.08 bits per heavy atom. The number of nitrogen functional groups attached to an aromatic ring is 1. The first kappa shape index (κ1) is 20.3. The van der Waals surface area contributed by atoms with Crippen molar-refractivity contribution in [3.05, 3.63) is 46.8 Å². The molecule has 7 heteroatoms. The van der Waals surface area contributed by atoms with Crippen LogP contribution in [0.4, 0.5) is 5.69 Å². The number of hydrogen-bond acceptors (Lipinski definition) is 3. The second-order valence-corrected chi connectivity index (χ2v) is 6.06. The number of fused-ring (bicyclic) bond motifs is 1. The van der Waals surface area contributed by atoms with Gasteiger partial charge in [0.1, 0.15) is 6.54 Å². The first-order valence-electron chi connectivity index (χ1n) is 7.71. The summed E-state index contributed by atoms with van der Waals surface area (Å²) < 4.78 is 1.75. The summed E-state index contributed by atoms with van der Waals surface area (Å²) in [6.07, 6.45) is 3.07. The Labute approximate surface area is 154 Å². The van der Waals surface area contributed by atoms with Gasteiger partial charge in [-0.2, -0.15) is 5.10 Å². The van der Waals surface area contributed by atoms with Crippen molar-refractivity contribution in [2.24, 2.45) is 0 Å². The Kier molecular flexibility index (Phi) is 7.11. The standard InChI is InChI=1S/C17H22N4O.2ClH/c1-11-8-12(2)21(20-11)10-17(22)19-16-5-3-4-13-9-14(18)6-7-15(13)16;;/h6-9,16H,3-5,10,18H2,1-2H3,(H,19,22);2*1H. The third-order valence-electron chi connectivity index (χ3n) is 4.21. The molecule has 0 saturated heterocycles. The van der Waals surface area contributed by atoms with Gasteiger partial charge in [-0.05, 0) is 62.4 Å². The lowest BCUT2D eigenvalue weighted by atomic mass is 9.87. The summed E-state index contributed by atoms with van der Waals surface area (Å²) in [5.74, 6) is 0.000810. The number of hydrogen-bond donors (Lipinski definition) is 2. The average Bonchev–Trinajstić information content (AvgIpc) is 2.76. The number of carbonyl (C=O) groups excluding carboxylic acids is 1. The zero-order chi connectivity index (χ0) is 15.7. The highest BCUT2D eigenvalue weighted by atomic mass is 35.5. The van der Waals surface area contributed by atoms with E-state index in [1.54, 1.807) is 4.68 Å². The minimum absolute atomic E-state index is 0. The van der Waals surface area contributed by atoms with Crippen LogP contribution in [0, 0.1) is 13.8 Å². The van der Waals surface area contributed by atoms with Gasteiger partial charge in [-0.3, -0.25) is 9.48 Å². The molecule has 1 aromatic heterocycles. The predicted octanol–water partition coefficient (Wildman–Crippen LogP) is 3.12. The number of halogens is 2. The fourth-order valence-corrected chi connectivity index (χ4v) is 3.20. The molecule has 0 saturated carbocycles. The summed E-state index contributed by atoms with van der Waals surface area (Å²) in [6.45, 7) is 4.16. The first-order valence-corrected chi connectivity index (χ1v) is 7.71. The van der Waals surface area contributed by atoms with Gasteiger partial charge in [0.15, 0.2) is 0 Å². The molecule has 3 N–H and O–H groups in total. The van der Waals surface area contributed by atoms with Crippen LogP contribution in [-0.2, 0) is 17.8 Å². The van der Waals surface area contributed by atoms with Gasteiger partial charge in [0, 0.05) is 11.4 Å². The molecule has 0 radical (unpaired) electrons. The summed E-state index contributed by atoms with van der Waals surface area (Å²) in [5, 5.41) is 7.48. The fraction of sp³-hybridized carbons (Fsp3) is 0.412. The van der Waals surface area contributed by atoms with E-state index in [4.69, 9.17) is 5.73 Å². The van der Waals surface area contributed by atoms with Crippen molar-refractivity contribution in [3.63, 3.8) is 0 Å². The number of rotatable bonds is 3. The normalized spacial score (nSPS) is 15.7. The third-order valence-corrected chi connectivity index (χ3v) is 4.21. The van der Waals surface area contributed by atoms with Crippen molar-refractivity contribution in [2.75, 3.05) is 5.73 Å². The van der Waals surface area contributed by atoms with Crippen molar-refractivity contribution < 1.29 is 4.79 Å². The van der Waals surface area contributed by atoms with Crippen molar-refractivity contribution in [1.82, 2.24) is 15.1 Å². The SMILES string of the molecule is Cc1cc(C)n(CC(=O)NC2CCCc3cc(N)ccc32)n1.Cl.Cl. The molecule has 3 rings (SSSR count). The highest BCUT2D eigenvalue weighted by Crippen LogP contribution is 2.30. The number of nitrogens with zero attached hydrogens (tertiary/aromatic N) is 2. The monoisotopic (exact) mass is 370 g/mol. The van der Waals surface area contributed by atoms with Gasteiger partial charge in [0.2, 0.25) is 5.91 Å². The lowest BCUT2D eigenvalue weighted by Crippen LogP contribution is -2.34. The van der Waals surface area contributed by atoms with Crippen molar-refractivity contribution in [1.29, 1.82) is 0 Å². The lowest BCUT2D eigenvalue weighted by Gasteiger charge is -2.26. The topological polar surface area (TPSA) is 72.9 Å². The van der Waals surface area contributed by atoms with Crippen LogP contribution in [0.1, 0.15) is 41.4 Å². The maximum Gasteiger partial charge on any atom is 0.242 e. The van der Waals surface area contributed by atoms with E-state index in [0.29, 0.717) is 0 Å². The minimum atomic E-state index is 0. The van der Waals surface area contributed by atoms with Crippen LogP contribution in [0.15, 0.2) is 24.3 Å². The Balaban J connectivity index is 0.00000144. The Morgan fingerprint density at radius 1 is 1.33 bits per heavy atom. The van der Waals surface area contributed by atoms with E-state index < -0.39 is 0 Å². The molecule has 0 fully saturated rings. The van der Waals surface area contributed by atoms with Gasteiger partial charge in [0.25, 0.3) is 0 Å². The Morgan fingerprint density at radius 3 is 2.75 bits per heavy atom. The first-order chi connectivity index (χ1) is 10.5. The van der Waals surface area contributed by atoms with Crippen LogP contribution in [-0.4, -0.2) is 15.7 Å². The summed E-state index contributed by atoms with van der Waals surface area (Å²) in [7, 11) is 0. The molecule has 0 aliphatic heterocycles. The van der Waals surface area contributed by atoms with Gasteiger partial charge < -0.3 is 11.1 Å². The van der Waals surface area contributed by atoms with Gasteiger partial charge in [-0.25, -0.2) is 0 Å². The zero-order valence-corrected chi connectivity index (χ0v) is 15.5. The number of anilines is 1. The van der Waals surface area contributed by atoms with E-state index in [0.717, 1.165) is 36.3 Å². The van der Waals surface area contributed by atoms with Gasteiger partial charge in [-0.15, -0.1) is 24.8 Å².